The molecule has 0 unspecified atom stereocenters. The van der Waals surface area contributed by atoms with Crippen LogP contribution >= 0.6 is 11.3 Å². The monoisotopic (exact) mass is 330 g/mol. The van der Waals surface area contributed by atoms with Gasteiger partial charge in [0.25, 0.3) is 0 Å². The van der Waals surface area contributed by atoms with E-state index >= 15 is 0 Å². The normalized spacial score (nSPS) is 17.0. The van der Waals surface area contributed by atoms with Crippen molar-refractivity contribution in [1.29, 1.82) is 5.26 Å². The summed E-state index contributed by atoms with van der Waals surface area (Å²) in [6.07, 6.45) is -0.943. The molecule has 1 aromatic heterocycles. The maximum absolute atomic E-state index is 11.0. The number of amides is 1. The Kier molecular flexibility index (Phi) is 4.02. The minimum Gasteiger partial charge on any atom is -0.407 e. The van der Waals surface area contributed by atoms with Gasteiger partial charge in [-0.2, -0.15) is 5.26 Å². The van der Waals surface area contributed by atoms with Gasteiger partial charge in [0, 0.05) is 28.7 Å². The largest absolute Gasteiger partial charge is 0.494 e. The number of hydrogen-bond acceptors (Lipinski definition) is 6. The van der Waals surface area contributed by atoms with E-state index in [9.17, 15) is 10.1 Å². The van der Waals surface area contributed by atoms with Crippen LogP contribution in [0.2, 0.25) is 0 Å². The smallest absolute Gasteiger partial charge is 0.407 e. The van der Waals surface area contributed by atoms with E-state index in [4.69, 9.17) is 19.8 Å². The first-order valence-electron chi connectivity index (χ1n) is 7.07. The molecule has 1 fully saturated rings. The molecule has 0 bridgehead atoms. The molecule has 1 amide bonds. The lowest BCUT2D eigenvalue weighted by atomic mass is 9.74. The van der Waals surface area contributed by atoms with E-state index in [0.717, 1.165) is 10.2 Å². The Morgan fingerprint density at radius 3 is 2.74 bits per heavy atom. The minimum absolute atomic E-state index is 0.0443. The third-order valence-electron chi connectivity index (χ3n) is 3.53. The zero-order valence-electron chi connectivity index (χ0n) is 12.8. The molecule has 3 rings (SSSR count). The predicted molar refractivity (Wildman–Crippen MR) is 87.8 cm³/mol. The maximum atomic E-state index is 11.0. The SMILES string of the molecule is CC1(C)COB(c2cccc3sc(OC(N)=O)c(C#N)c23)OC1. The van der Waals surface area contributed by atoms with Gasteiger partial charge >= 0.3 is 13.2 Å². The van der Waals surface area contributed by atoms with Crippen molar-refractivity contribution in [2.45, 2.75) is 13.8 Å². The summed E-state index contributed by atoms with van der Waals surface area (Å²) in [5.41, 5.74) is 6.05. The highest BCUT2D eigenvalue weighted by atomic mass is 32.1. The molecule has 118 valence electrons. The van der Waals surface area contributed by atoms with Gasteiger partial charge in [-0.15, -0.1) is 0 Å². The standard InChI is InChI=1S/C15H15BN2O4S/c1-15(2)7-20-16(21-8-15)10-4-3-5-11-12(10)9(6-17)13(23-11)22-14(18)19/h3-5H,7-8H2,1-2H3,(H2,18,19). The number of nitriles is 1. The van der Waals surface area contributed by atoms with Crippen LogP contribution in [0.1, 0.15) is 19.4 Å². The van der Waals surface area contributed by atoms with Gasteiger partial charge in [0.1, 0.15) is 11.6 Å². The molecule has 23 heavy (non-hydrogen) atoms. The van der Waals surface area contributed by atoms with E-state index in [2.05, 4.69) is 19.9 Å². The summed E-state index contributed by atoms with van der Waals surface area (Å²) in [5.74, 6) is 0. The summed E-state index contributed by atoms with van der Waals surface area (Å²) in [5, 5.41) is 10.3. The highest BCUT2D eigenvalue weighted by molar-refractivity contribution is 7.21. The number of fused-ring (bicyclic) bond motifs is 1. The van der Waals surface area contributed by atoms with Crippen molar-refractivity contribution in [3.63, 3.8) is 0 Å². The van der Waals surface area contributed by atoms with Gasteiger partial charge in [0.2, 0.25) is 5.06 Å². The number of nitrogens with zero attached hydrogens (tertiary/aromatic N) is 1. The summed E-state index contributed by atoms with van der Waals surface area (Å²) >= 11 is 1.20. The lowest BCUT2D eigenvalue weighted by Crippen LogP contribution is -2.47. The van der Waals surface area contributed by atoms with Crippen LogP contribution in [0.15, 0.2) is 18.2 Å². The fourth-order valence-electron chi connectivity index (χ4n) is 2.49. The molecule has 1 aliphatic rings. The maximum Gasteiger partial charge on any atom is 0.494 e. The summed E-state index contributed by atoms with van der Waals surface area (Å²) in [6, 6.07) is 7.65. The molecule has 0 radical (unpaired) electrons. The average molecular weight is 330 g/mol. The Bertz CT molecular complexity index is 802. The van der Waals surface area contributed by atoms with Gasteiger partial charge in [0.15, 0.2) is 0 Å². The number of carbonyl (C=O) groups is 1. The third kappa shape index (κ3) is 3.04. The van der Waals surface area contributed by atoms with Crippen molar-refractivity contribution in [3.05, 3.63) is 23.8 Å². The highest BCUT2D eigenvalue weighted by Crippen LogP contribution is 2.37. The Morgan fingerprint density at radius 2 is 2.13 bits per heavy atom. The third-order valence-corrected chi connectivity index (χ3v) is 4.56. The van der Waals surface area contributed by atoms with E-state index in [1.807, 2.05) is 18.2 Å². The lowest BCUT2D eigenvalue weighted by molar-refractivity contribution is 0.0344. The van der Waals surface area contributed by atoms with Crippen LogP contribution in [-0.2, 0) is 9.31 Å². The molecule has 2 heterocycles. The van der Waals surface area contributed by atoms with Crippen molar-refractivity contribution in [3.8, 4) is 11.1 Å². The zero-order chi connectivity index (χ0) is 16.6. The van der Waals surface area contributed by atoms with E-state index in [1.165, 1.54) is 11.3 Å². The second kappa shape index (κ2) is 5.85. The summed E-state index contributed by atoms with van der Waals surface area (Å²) in [7, 11) is -0.546. The molecule has 2 aromatic rings. The molecule has 8 heteroatoms. The van der Waals surface area contributed by atoms with Gasteiger partial charge in [-0.05, 0) is 11.5 Å². The predicted octanol–water partition coefficient (Wildman–Crippen LogP) is 2.00. The second-order valence-electron chi connectivity index (χ2n) is 6.14. The number of thiophene rings is 1. The van der Waals surface area contributed by atoms with Crippen molar-refractivity contribution in [2.24, 2.45) is 11.1 Å². The molecule has 0 aliphatic carbocycles. The minimum atomic E-state index is -0.943. The molecule has 2 N–H and O–H groups in total. The van der Waals surface area contributed by atoms with Gasteiger partial charge in [-0.1, -0.05) is 37.3 Å². The Hall–Kier alpha value is -2.08. The first kappa shape index (κ1) is 15.8. The van der Waals surface area contributed by atoms with Gasteiger partial charge in [-0.3, -0.25) is 0 Å². The van der Waals surface area contributed by atoms with Crippen LogP contribution in [0.4, 0.5) is 4.79 Å². The topological polar surface area (TPSA) is 94.6 Å². The summed E-state index contributed by atoms with van der Waals surface area (Å²) < 4.78 is 17.4. The molecule has 1 saturated heterocycles. The van der Waals surface area contributed by atoms with Crippen molar-refractivity contribution in [1.82, 2.24) is 0 Å². The molecular weight excluding hydrogens is 315 g/mol. The average Bonchev–Trinajstić information content (AvgIpc) is 2.83. The van der Waals surface area contributed by atoms with Gasteiger partial charge in [-0.25, -0.2) is 4.79 Å². The van der Waals surface area contributed by atoms with E-state index in [0.29, 0.717) is 18.6 Å². The first-order valence-corrected chi connectivity index (χ1v) is 7.89. The van der Waals surface area contributed by atoms with Crippen LogP contribution < -0.4 is 15.9 Å². The second-order valence-corrected chi connectivity index (χ2v) is 7.15. The quantitative estimate of drug-likeness (QED) is 0.850. The zero-order valence-corrected chi connectivity index (χ0v) is 13.6. The number of rotatable bonds is 2. The lowest BCUT2D eigenvalue weighted by Gasteiger charge is -2.33. The molecule has 0 saturated carbocycles. The van der Waals surface area contributed by atoms with Gasteiger partial charge < -0.3 is 19.8 Å². The number of hydrogen-bond donors (Lipinski definition) is 1. The summed E-state index contributed by atoms with van der Waals surface area (Å²) in [6.45, 7) is 5.25. The van der Waals surface area contributed by atoms with Crippen LogP contribution in [0.3, 0.4) is 0 Å². The first-order chi connectivity index (χ1) is 10.9. The molecule has 1 aliphatic heterocycles. The molecule has 1 aromatic carbocycles. The van der Waals surface area contributed by atoms with E-state index in [1.54, 1.807) is 0 Å². The van der Waals surface area contributed by atoms with Crippen LogP contribution in [0.25, 0.3) is 10.1 Å². The number of ether oxygens (including phenoxy) is 1. The fourth-order valence-corrected chi connectivity index (χ4v) is 3.53. The number of benzene rings is 1. The Morgan fingerprint density at radius 1 is 1.43 bits per heavy atom. The highest BCUT2D eigenvalue weighted by Gasteiger charge is 2.35. The molecular formula is C15H15BN2O4S. The van der Waals surface area contributed by atoms with Crippen LogP contribution in [0.5, 0.6) is 5.06 Å². The Labute approximate surface area is 137 Å². The molecule has 6 nitrogen and oxygen atoms in total. The number of carbonyl (C=O) groups excluding carboxylic acids is 1. The molecule has 0 spiro atoms. The number of nitrogens with two attached hydrogens (primary N) is 1. The van der Waals surface area contributed by atoms with Crippen molar-refractivity contribution >= 4 is 40.1 Å². The van der Waals surface area contributed by atoms with E-state index < -0.39 is 13.2 Å². The van der Waals surface area contributed by atoms with E-state index in [-0.39, 0.29) is 16.0 Å². The molecule has 0 atom stereocenters. The van der Waals surface area contributed by atoms with Crippen LogP contribution in [0, 0.1) is 16.7 Å². The van der Waals surface area contributed by atoms with Crippen molar-refractivity contribution < 1.29 is 18.8 Å². The van der Waals surface area contributed by atoms with Crippen molar-refractivity contribution in [2.75, 3.05) is 13.2 Å². The van der Waals surface area contributed by atoms with Gasteiger partial charge in [0.05, 0.1) is 0 Å². The number of primary amides is 1. The summed E-state index contributed by atoms with van der Waals surface area (Å²) in [4.78, 5) is 11.0. The Balaban J connectivity index is 2.06. The van der Waals surface area contributed by atoms with Crippen LogP contribution in [-0.4, -0.2) is 26.4 Å². The fraction of sp³-hybridized carbons (Fsp3) is 0.333.